The van der Waals surface area contributed by atoms with Crippen LogP contribution in [-0.2, 0) is 25.7 Å². The number of nitrogens with one attached hydrogen (secondary N) is 1. The number of ether oxygens (including phenoxy) is 2. The Hall–Kier alpha value is -2.63. The molecule has 0 bridgehead atoms. The first-order valence-corrected chi connectivity index (χ1v) is 9.79. The van der Waals surface area contributed by atoms with E-state index in [2.05, 4.69) is 5.32 Å². The zero-order chi connectivity index (χ0) is 20.6. The van der Waals surface area contributed by atoms with Gasteiger partial charge in [-0.15, -0.1) is 0 Å². The number of hydrogen-bond donors (Lipinski definition) is 1. The summed E-state index contributed by atoms with van der Waals surface area (Å²) in [7, 11) is 1.61. The van der Waals surface area contributed by atoms with Crippen molar-refractivity contribution >= 4 is 17.7 Å². The number of methoxy groups -OCH3 is 1. The third-order valence-electron chi connectivity index (χ3n) is 4.11. The smallest absolute Gasteiger partial charge is 0.305 e. The highest BCUT2D eigenvalue weighted by Crippen LogP contribution is 2.11. The predicted octanol–water partition coefficient (Wildman–Crippen LogP) is 3.73. The summed E-state index contributed by atoms with van der Waals surface area (Å²) < 4.78 is 9.95. The molecule has 1 rings (SSSR count). The van der Waals surface area contributed by atoms with Gasteiger partial charge in [0.15, 0.2) is 5.78 Å². The van der Waals surface area contributed by atoms with E-state index in [0.717, 1.165) is 37.0 Å². The van der Waals surface area contributed by atoms with Crippen molar-refractivity contribution < 1.29 is 23.9 Å². The van der Waals surface area contributed by atoms with Gasteiger partial charge in [0, 0.05) is 25.8 Å². The van der Waals surface area contributed by atoms with Gasteiger partial charge in [-0.05, 0) is 50.0 Å². The molecule has 1 N–H and O–H groups in total. The Balaban J connectivity index is 2.08. The Labute approximate surface area is 167 Å². The van der Waals surface area contributed by atoms with Gasteiger partial charge < -0.3 is 14.8 Å². The lowest BCUT2D eigenvalue weighted by molar-refractivity contribution is -0.143. The molecule has 1 aromatic rings. The number of carbonyl (C=O) groups is 3. The molecule has 1 aromatic carbocycles. The number of carbonyl (C=O) groups excluding carboxylic acids is 3. The number of amides is 1. The normalized spacial score (nSPS) is 10.6. The van der Waals surface area contributed by atoms with Crippen LogP contribution in [0.4, 0.5) is 0 Å². The predicted molar refractivity (Wildman–Crippen MR) is 108 cm³/mol. The Bertz CT molecular complexity index is 637. The fraction of sp³-hybridized carbons (Fsp3) is 0.500. The molecule has 1 amide bonds. The quantitative estimate of drug-likeness (QED) is 0.298. The molecule has 0 aliphatic heterocycles. The molecule has 6 nitrogen and oxygen atoms in total. The van der Waals surface area contributed by atoms with Crippen molar-refractivity contribution in [2.24, 2.45) is 0 Å². The molecule has 0 aromatic heterocycles. The zero-order valence-corrected chi connectivity index (χ0v) is 16.9. The fourth-order valence-corrected chi connectivity index (χ4v) is 2.51. The molecule has 0 saturated carbocycles. The summed E-state index contributed by atoms with van der Waals surface area (Å²) >= 11 is 0. The van der Waals surface area contributed by atoms with E-state index >= 15 is 0 Å². The Kier molecular flexibility index (Phi) is 12.1. The number of allylic oxidation sites excluding steroid dienone is 2. The minimum Gasteiger partial charge on any atom is -0.497 e. The van der Waals surface area contributed by atoms with Crippen LogP contribution in [0.1, 0.15) is 57.4 Å². The SMILES string of the molecule is CCOC(=O)CCCCC/C=C/C(=O)CCC(=O)NCc1ccc(OC)cc1. The molecule has 28 heavy (non-hydrogen) atoms. The Morgan fingerprint density at radius 3 is 2.43 bits per heavy atom. The Morgan fingerprint density at radius 1 is 1.00 bits per heavy atom. The second-order valence-corrected chi connectivity index (χ2v) is 6.40. The van der Waals surface area contributed by atoms with Crippen LogP contribution in [0.2, 0.25) is 0 Å². The first-order valence-electron chi connectivity index (χ1n) is 9.79. The summed E-state index contributed by atoms with van der Waals surface area (Å²) in [6.07, 6.45) is 7.64. The topological polar surface area (TPSA) is 81.7 Å². The van der Waals surface area contributed by atoms with Crippen molar-refractivity contribution in [3.8, 4) is 5.75 Å². The lowest BCUT2D eigenvalue weighted by Gasteiger charge is -2.05. The molecule has 0 aliphatic carbocycles. The standard InChI is InChI=1S/C22H31NO5/c1-3-28-22(26)10-8-6-4-5-7-9-19(24)13-16-21(25)23-17-18-11-14-20(27-2)15-12-18/h7,9,11-12,14-15H,3-6,8,10,13,16-17H2,1-2H3,(H,23,25)/b9-7+. The summed E-state index contributed by atoms with van der Waals surface area (Å²) in [5.74, 6) is 0.424. The maximum absolute atomic E-state index is 11.8. The highest BCUT2D eigenvalue weighted by atomic mass is 16.5. The maximum atomic E-state index is 11.8. The van der Waals surface area contributed by atoms with Crippen molar-refractivity contribution in [2.45, 2.75) is 58.4 Å². The average molecular weight is 389 g/mol. The van der Waals surface area contributed by atoms with Crippen LogP contribution in [0.5, 0.6) is 5.75 Å². The van der Waals surface area contributed by atoms with Gasteiger partial charge in [-0.2, -0.15) is 0 Å². The summed E-state index contributed by atoms with van der Waals surface area (Å²) in [5.41, 5.74) is 0.975. The minimum atomic E-state index is -0.154. The van der Waals surface area contributed by atoms with E-state index in [0.29, 0.717) is 19.6 Å². The van der Waals surface area contributed by atoms with Gasteiger partial charge in [0.05, 0.1) is 13.7 Å². The molecule has 0 unspecified atom stereocenters. The molecule has 0 spiro atoms. The van der Waals surface area contributed by atoms with Crippen LogP contribution in [0.3, 0.4) is 0 Å². The van der Waals surface area contributed by atoms with E-state index in [1.165, 1.54) is 0 Å². The van der Waals surface area contributed by atoms with Crippen LogP contribution in [0.15, 0.2) is 36.4 Å². The molecule has 6 heteroatoms. The molecular weight excluding hydrogens is 358 g/mol. The lowest BCUT2D eigenvalue weighted by Crippen LogP contribution is -2.23. The maximum Gasteiger partial charge on any atom is 0.305 e. The fourth-order valence-electron chi connectivity index (χ4n) is 2.51. The van der Waals surface area contributed by atoms with Gasteiger partial charge in [-0.25, -0.2) is 0 Å². The molecule has 0 aliphatic rings. The second-order valence-electron chi connectivity index (χ2n) is 6.40. The molecule has 0 fully saturated rings. The monoisotopic (exact) mass is 389 g/mol. The number of hydrogen-bond acceptors (Lipinski definition) is 5. The van der Waals surface area contributed by atoms with Gasteiger partial charge in [0.2, 0.25) is 5.91 Å². The first-order chi connectivity index (χ1) is 13.5. The molecule has 0 saturated heterocycles. The van der Waals surface area contributed by atoms with Crippen LogP contribution in [0, 0.1) is 0 Å². The third-order valence-corrected chi connectivity index (χ3v) is 4.11. The van der Waals surface area contributed by atoms with E-state index in [9.17, 15) is 14.4 Å². The first kappa shape index (κ1) is 23.4. The highest BCUT2D eigenvalue weighted by Gasteiger charge is 2.05. The van der Waals surface area contributed by atoms with Gasteiger partial charge in [-0.3, -0.25) is 14.4 Å². The lowest BCUT2D eigenvalue weighted by atomic mass is 10.1. The van der Waals surface area contributed by atoms with E-state index in [-0.39, 0.29) is 30.5 Å². The van der Waals surface area contributed by atoms with Crippen molar-refractivity contribution in [1.29, 1.82) is 0 Å². The molecule has 0 radical (unpaired) electrons. The van der Waals surface area contributed by atoms with Crippen molar-refractivity contribution in [3.05, 3.63) is 42.0 Å². The number of benzene rings is 1. The van der Waals surface area contributed by atoms with Crippen LogP contribution < -0.4 is 10.1 Å². The van der Waals surface area contributed by atoms with Crippen LogP contribution in [-0.4, -0.2) is 31.4 Å². The van der Waals surface area contributed by atoms with Gasteiger partial charge in [0.25, 0.3) is 0 Å². The van der Waals surface area contributed by atoms with Crippen molar-refractivity contribution in [3.63, 3.8) is 0 Å². The van der Waals surface area contributed by atoms with Crippen molar-refractivity contribution in [1.82, 2.24) is 5.32 Å². The summed E-state index contributed by atoms with van der Waals surface area (Å²) in [6.45, 7) is 2.64. The van der Waals surface area contributed by atoms with Crippen LogP contribution in [0.25, 0.3) is 0 Å². The molecular formula is C22H31NO5. The highest BCUT2D eigenvalue weighted by molar-refractivity contribution is 5.92. The minimum absolute atomic E-state index is 0.0499. The van der Waals surface area contributed by atoms with E-state index < -0.39 is 0 Å². The largest absolute Gasteiger partial charge is 0.497 e. The third kappa shape index (κ3) is 11.2. The number of rotatable bonds is 14. The summed E-state index contributed by atoms with van der Waals surface area (Å²) in [4.78, 5) is 34.8. The van der Waals surface area contributed by atoms with E-state index in [1.807, 2.05) is 30.3 Å². The van der Waals surface area contributed by atoms with Gasteiger partial charge in [-0.1, -0.05) is 24.6 Å². The number of unbranched alkanes of at least 4 members (excludes halogenated alkanes) is 3. The van der Waals surface area contributed by atoms with Gasteiger partial charge in [0.1, 0.15) is 5.75 Å². The summed E-state index contributed by atoms with van der Waals surface area (Å²) in [5, 5.41) is 2.81. The van der Waals surface area contributed by atoms with E-state index in [4.69, 9.17) is 9.47 Å². The zero-order valence-electron chi connectivity index (χ0n) is 16.9. The Morgan fingerprint density at radius 2 is 1.75 bits per heavy atom. The number of ketones is 1. The molecule has 0 atom stereocenters. The number of esters is 1. The second kappa shape index (κ2) is 14.4. The molecule has 0 heterocycles. The summed E-state index contributed by atoms with van der Waals surface area (Å²) in [6, 6.07) is 7.46. The van der Waals surface area contributed by atoms with E-state index in [1.54, 1.807) is 20.1 Å². The van der Waals surface area contributed by atoms with Crippen LogP contribution >= 0.6 is 0 Å². The van der Waals surface area contributed by atoms with Gasteiger partial charge >= 0.3 is 5.97 Å². The average Bonchev–Trinajstić information content (AvgIpc) is 2.70. The molecule has 154 valence electrons. The van der Waals surface area contributed by atoms with Crippen molar-refractivity contribution in [2.75, 3.05) is 13.7 Å².